The highest BCUT2D eigenvalue weighted by Crippen LogP contribution is 2.32. The highest BCUT2D eigenvalue weighted by Gasteiger charge is 2.24. The fourth-order valence-corrected chi connectivity index (χ4v) is 4.14. The van der Waals surface area contributed by atoms with E-state index >= 15 is 0 Å². The fraction of sp³-hybridized carbons (Fsp3) is 0.571. The average Bonchev–Trinajstić information content (AvgIpc) is 2.76. The third kappa shape index (κ3) is 5.13. The van der Waals surface area contributed by atoms with Gasteiger partial charge in [-0.2, -0.15) is 4.98 Å². The first-order valence-electron chi connectivity index (χ1n) is 10.5. The number of methoxy groups -OCH3 is 1. The lowest BCUT2D eigenvalue weighted by Crippen LogP contribution is -2.30. The summed E-state index contributed by atoms with van der Waals surface area (Å²) in [6.45, 7) is 2.05. The van der Waals surface area contributed by atoms with Gasteiger partial charge >= 0.3 is 0 Å². The molecular formula is C21H30N6O2. The van der Waals surface area contributed by atoms with E-state index in [0.717, 1.165) is 63.1 Å². The Morgan fingerprint density at radius 2 is 1.86 bits per heavy atom. The first kappa shape index (κ1) is 19.8. The molecule has 2 fully saturated rings. The number of hydrogen-bond donors (Lipinski definition) is 4. The molecule has 1 saturated heterocycles. The summed E-state index contributed by atoms with van der Waals surface area (Å²) >= 11 is 0. The summed E-state index contributed by atoms with van der Waals surface area (Å²) < 4.78 is 5.24. The molecule has 29 heavy (non-hydrogen) atoms. The normalized spacial score (nSPS) is 22.8. The molecule has 2 aromatic heterocycles. The van der Waals surface area contributed by atoms with Crippen molar-refractivity contribution in [1.29, 1.82) is 0 Å². The van der Waals surface area contributed by atoms with Gasteiger partial charge in [-0.1, -0.05) is 0 Å². The van der Waals surface area contributed by atoms with Gasteiger partial charge in [0.2, 0.25) is 5.95 Å². The Hall–Kier alpha value is -2.45. The van der Waals surface area contributed by atoms with Crippen LogP contribution in [0.2, 0.25) is 0 Å². The third-order valence-electron chi connectivity index (χ3n) is 5.84. The topological polar surface area (TPSA) is 104 Å². The minimum absolute atomic E-state index is 0.167. The van der Waals surface area contributed by atoms with Gasteiger partial charge in [-0.3, -0.25) is 4.98 Å². The van der Waals surface area contributed by atoms with Crippen LogP contribution >= 0.6 is 0 Å². The smallest absolute Gasteiger partial charge is 0.229 e. The summed E-state index contributed by atoms with van der Waals surface area (Å²) in [5.41, 5.74) is 1.97. The number of piperidine rings is 1. The van der Waals surface area contributed by atoms with Crippen molar-refractivity contribution < 1.29 is 9.84 Å². The molecule has 2 aliphatic rings. The van der Waals surface area contributed by atoms with Crippen LogP contribution in [0.15, 0.2) is 24.7 Å². The number of hydrogen-bond acceptors (Lipinski definition) is 8. The van der Waals surface area contributed by atoms with Gasteiger partial charge in [-0.15, -0.1) is 0 Å². The SMILES string of the molecule is COc1cncc(Nc2ncc(C3CCNCC3)c(NC3CCC(O)CC3)n2)c1. The molecule has 0 aromatic carbocycles. The zero-order chi connectivity index (χ0) is 20.1. The molecule has 1 aliphatic heterocycles. The maximum Gasteiger partial charge on any atom is 0.229 e. The summed E-state index contributed by atoms with van der Waals surface area (Å²) in [7, 11) is 1.62. The Balaban J connectivity index is 1.56. The van der Waals surface area contributed by atoms with Crippen LogP contribution in [0, 0.1) is 0 Å². The fourth-order valence-electron chi connectivity index (χ4n) is 4.14. The predicted octanol–water partition coefficient (Wildman–Crippen LogP) is 2.81. The van der Waals surface area contributed by atoms with Gasteiger partial charge in [0.05, 0.1) is 31.3 Å². The van der Waals surface area contributed by atoms with E-state index in [1.807, 2.05) is 12.3 Å². The first-order valence-corrected chi connectivity index (χ1v) is 10.5. The van der Waals surface area contributed by atoms with E-state index in [4.69, 9.17) is 9.72 Å². The molecule has 4 N–H and O–H groups in total. The highest BCUT2D eigenvalue weighted by atomic mass is 16.5. The van der Waals surface area contributed by atoms with Crippen LogP contribution in [-0.2, 0) is 0 Å². The quantitative estimate of drug-likeness (QED) is 0.589. The van der Waals surface area contributed by atoms with E-state index in [9.17, 15) is 5.11 Å². The van der Waals surface area contributed by atoms with Crippen molar-refractivity contribution in [2.24, 2.45) is 0 Å². The zero-order valence-corrected chi connectivity index (χ0v) is 16.9. The molecule has 0 atom stereocenters. The Morgan fingerprint density at radius 1 is 1.07 bits per heavy atom. The number of aromatic nitrogens is 3. The van der Waals surface area contributed by atoms with Crippen molar-refractivity contribution in [2.75, 3.05) is 30.8 Å². The van der Waals surface area contributed by atoms with Crippen molar-refractivity contribution in [3.05, 3.63) is 30.2 Å². The van der Waals surface area contributed by atoms with Crippen molar-refractivity contribution in [2.45, 2.75) is 56.6 Å². The lowest BCUT2D eigenvalue weighted by atomic mass is 9.90. The van der Waals surface area contributed by atoms with Gasteiger partial charge in [0, 0.05) is 23.9 Å². The van der Waals surface area contributed by atoms with E-state index in [1.165, 1.54) is 5.56 Å². The van der Waals surface area contributed by atoms with Crippen molar-refractivity contribution in [3.8, 4) is 5.75 Å². The molecule has 0 unspecified atom stereocenters. The second kappa shape index (κ2) is 9.37. The first-order chi connectivity index (χ1) is 14.2. The summed E-state index contributed by atoms with van der Waals surface area (Å²) in [5.74, 6) is 2.59. The lowest BCUT2D eigenvalue weighted by molar-refractivity contribution is 0.126. The van der Waals surface area contributed by atoms with E-state index in [0.29, 0.717) is 23.7 Å². The zero-order valence-electron chi connectivity index (χ0n) is 16.9. The van der Waals surface area contributed by atoms with Crippen LogP contribution in [0.4, 0.5) is 17.5 Å². The van der Waals surface area contributed by atoms with Crippen molar-refractivity contribution >= 4 is 17.5 Å². The predicted molar refractivity (Wildman–Crippen MR) is 113 cm³/mol. The molecule has 0 amide bonds. The number of nitrogens with zero attached hydrogens (tertiary/aromatic N) is 3. The minimum atomic E-state index is -0.167. The molecule has 0 spiro atoms. The second-order valence-corrected chi connectivity index (χ2v) is 7.91. The number of pyridine rings is 1. The number of aliphatic hydroxyl groups excluding tert-OH is 1. The van der Waals surface area contributed by atoms with Crippen LogP contribution in [-0.4, -0.2) is 52.4 Å². The van der Waals surface area contributed by atoms with Gasteiger partial charge in [0.15, 0.2) is 0 Å². The molecule has 0 bridgehead atoms. The van der Waals surface area contributed by atoms with Gasteiger partial charge in [0.1, 0.15) is 11.6 Å². The second-order valence-electron chi connectivity index (χ2n) is 7.91. The van der Waals surface area contributed by atoms with Crippen molar-refractivity contribution in [1.82, 2.24) is 20.3 Å². The number of nitrogens with one attached hydrogen (secondary N) is 3. The molecule has 1 saturated carbocycles. The summed E-state index contributed by atoms with van der Waals surface area (Å²) in [4.78, 5) is 13.6. The number of anilines is 3. The molecule has 156 valence electrons. The lowest BCUT2D eigenvalue weighted by Gasteiger charge is -2.29. The standard InChI is InChI=1S/C21H30N6O2/c1-29-18-10-16(11-23-12-18)26-21-24-13-19(14-6-8-22-9-7-14)20(27-21)25-15-2-4-17(28)5-3-15/h10-15,17,22,28H,2-9H2,1H3,(H2,24,25,26,27). The molecule has 4 rings (SSSR count). The maximum absolute atomic E-state index is 9.82. The van der Waals surface area contributed by atoms with E-state index in [2.05, 4.69) is 25.9 Å². The number of rotatable bonds is 6. The Bertz CT molecular complexity index is 804. The van der Waals surface area contributed by atoms with E-state index in [-0.39, 0.29) is 6.10 Å². The van der Waals surface area contributed by atoms with E-state index in [1.54, 1.807) is 19.5 Å². The Morgan fingerprint density at radius 3 is 2.62 bits per heavy atom. The molecule has 0 radical (unpaired) electrons. The van der Waals surface area contributed by atoms with E-state index < -0.39 is 0 Å². The largest absolute Gasteiger partial charge is 0.495 e. The average molecular weight is 399 g/mol. The van der Waals surface area contributed by atoms with Crippen LogP contribution in [0.5, 0.6) is 5.75 Å². The van der Waals surface area contributed by atoms with Crippen LogP contribution in [0.3, 0.4) is 0 Å². The van der Waals surface area contributed by atoms with Gasteiger partial charge in [-0.25, -0.2) is 4.98 Å². The minimum Gasteiger partial charge on any atom is -0.495 e. The van der Waals surface area contributed by atoms with Crippen LogP contribution < -0.4 is 20.7 Å². The monoisotopic (exact) mass is 398 g/mol. The molecule has 2 aromatic rings. The summed E-state index contributed by atoms with van der Waals surface area (Å²) in [5, 5.41) is 20.1. The van der Waals surface area contributed by atoms with Gasteiger partial charge in [0.25, 0.3) is 0 Å². The maximum atomic E-state index is 9.82. The number of aliphatic hydroxyl groups is 1. The van der Waals surface area contributed by atoms with Crippen molar-refractivity contribution in [3.63, 3.8) is 0 Å². The molecule has 1 aliphatic carbocycles. The molecule has 3 heterocycles. The molecule has 8 heteroatoms. The van der Waals surface area contributed by atoms with Gasteiger partial charge < -0.3 is 25.8 Å². The summed E-state index contributed by atoms with van der Waals surface area (Å²) in [6, 6.07) is 2.20. The Kier molecular flexibility index (Phi) is 6.41. The molecular weight excluding hydrogens is 368 g/mol. The third-order valence-corrected chi connectivity index (χ3v) is 5.84. The highest BCUT2D eigenvalue weighted by molar-refractivity contribution is 5.57. The Labute approximate surface area is 171 Å². The summed E-state index contributed by atoms with van der Waals surface area (Å²) in [6.07, 6.45) is 11.0. The number of ether oxygens (including phenoxy) is 1. The molecule has 8 nitrogen and oxygen atoms in total. The van der Waals surface area contributed by atoms with Crippen LogP contribution in [0.1, 0.15) is 50.0 Å². The van der Waals surface area contributed by atoms with Crippen LogP contribution in [0.25, 0.3) is 0 Å². The van der Waals surface area contributed by atoms with Gasteiger partial charge in [-0.05, 0) is 57.5 Å².